The fourth-order valence-electron chi connectivity index (χ4n) is 1.90. The van der Waals surface area contributed by atoms with Gasteiger partial charge in [-0.1, -0.05) is 41.4 Å². The average molecular weight is 307 g/mol. The zero-order valence-electron chi connectivity index (χ0n) is 9.69. The molecule has 0 spiro atoms. The van der Waals surface area contributed by atoms with Gasteiger partial charge < -0.3 is 0 Å². The van der Waals surface area contributed by atoms with Crippen molar-refractivity contribution in [2.45, 2.75) is 0 Å². The summed E-state index contributed by atoms with van der Waals surface area (Å²) < 4.78 is 0.969. The van der Waals surface area contributed by atoms with Gasteiger partial charge in [-0.15, -0.1) is 11.3 Å². The Bertz CT molecular complexity index is 824. The Balaban J connectivity index is 2.25. The first-order valence-corrected chi connectivity index (χ1v) is 7.21. The minimum atomic E-state index is 0.0235. The Labute approximate surface area is 124 Å². The largest absolute Gasteiger partial charge is 0.289 e. The molecule has 19 heavy (non-hydrogen) atoms. The van der Waals surface area contributed by atoms with Crippen LogP contribution in [0.4, 0.5) is 0 Å². The van der Waals surface area contributed by atoms with Gasteiger partial charge in [0.25, 0.3) is 0 Å². The first-order chi connectivity index (χ1) is 9.15. The molecule has 94 valence electrons. The Morgan fingerprint density at radius 1 is 0.895 bits per heavy atom. The molecule has 0 aliphatic carbocycles. The van der Waals surface area contributed by atoms with Crippen LogP contribution in [0.2, 0.25) is 10.0 Å². The average Bonchev–Trinajstić information content (AvgIpc) is 2.42. The van der Waals surface area contributed by atoms with Gasteiger partial charge in [0.2, 0.25) is 0 Å². The predicted molar refractivity (Wildman–Crippen MR) is 83.6 cm³/mol. The van der Waals surface area contributed by atoms with E-state index in [4.69, 9.17) is 23.2 Å². The molecule has 0 fully saturated rings. The molecule has 0 aliphatic rings. The van der Waals surface area contributed by atoms with E-state index in [9.17, 15) is 4.79 Å². The standard InChI is InChI=1S/C15H8Cl2OS/c16-11-6-5-9(7-12(11)17)15-8-13(18)10-3-1-2-4-14(10)19-15/h1-8H. The molecule has 4 heteroatoms. The van der Waals surface area contributed by atoms with Crippen LogP contribution in [-0.2, 0) is 0 Å². The molecule has 0 radical (unpaired) electrons. The molecule has 0 unspecified atom stereocenters. The summed E-state index contributed by atoms with van der Waals surface area (Å²) in [5, 5.41) is 1.75. The highest BCUT2D eigenvalue weighted by Crippen LogP contribution is 2.32. The second-order valence-electron chi connectivity index (χ2n) is 4.10. The normalized spacial score (nSPS) is 10.8. The summed E-state index contributed by atoms with van der Waals surface area (Å²) in [5.41, 5.74) is 0.928. The summed E-state index contributed by atoms with van der Waals surface area (Å²) in [4.78, 5) is 13.0. The molecule has 0 saturated carbocycles. The maximum Gasteiger partial charge on any atom is 0.188 e. The fraction of sp³-hybridized carbons (Fsp3) is 0. The van der Waals surface area contributed by atoms with Gasteiger partial charge in [0.05, 0.1) is 10.0 Å². The Morgan fingerprint density at radius 2 is 1.68 bits per heavy atom. The van der Waals surface area contributed by atoms with Crippen LogP contribution >= 0.6 is 34.5 Å². The van der Waals surface area contributed by atoms with E-state index in [1.54, 1.807) is 29.5 Å². The van der Waals surface area contributed by atoms with Crippen LogP contribution < -0.4 is 5.43 Å². The fourth-order valence-corrected chi connectivity index (χ4v) is 3.27. The number of hydrogen-bond donors (Lipinski definition) is 0. The third kappa shape index (κ3) is 2.39. The van der Waals surface area contributed by atoms with Gasteiger partial charge >= 0.3 is 0 Å². The van der Waals surface area contributed by atoms with Crippen molar-refractivity contribution in [3.05, 3.63) is 68.8 Å². The zero-order valence-corrected chi connectivity index (χ0v) is 12.0. The molecule has 2 aromatic carbocycles. The van der Waals surface area contributed by atoms with E-state index in [0.29, 0.717) is 10.0 Å². The van der Waals surface area contributed by atoms with Crippen molar-refractivity contribution in [3.63, 3.8) is 0 Å². The van der Waals surface area contributed by atoms with Crippen molar-refractivity contribution in [2.75, 3.05) is 0 Å². The third-order valence-corrected chi connectivity index (χ3v) is 4.73. The summed E-state index contributed by atoms with van der Waals surface area (Å²) in [6.45, 7) is 0. The minimum absolute atomic E-state index is 0.0235. The number of fused-ring (bicyclic) bond motifs is 1. The lowest BCUT2D eigenvalue weighted by Crippen LogP contribution is -1.98. The molecule has 3 aromatic rings. The Morgan fingerprint density at radius 3 is 2.47 bits per heavy atom. The number of rotatable bonds is 1. The van der Waals surface area contributed by atoms with Crippen LogP contribution in [0.15, 0.2) is 53.3 Å². The van der Waals surface area contributed by atoms with Gasteiger partial charge in [-0.2, -0.15) is 0 Å². The number of benzene rings is 2. The molecule has 0 amide bonds. The van der Waals surface area contributed by atoms with Crippen LogP contribution in [0.1, 0.15) is 0 Å². The maximum atomic E-state index is 12.1. The molecule has 3 rings (SSSR count). The van der Waals surface area contributed by atoms with Crippen LogP contribution in [0, 0.1) is 0 Å². The van der Waals surface area contributed by atoms with Crippen molar-refractivity contribution < 1.29 is 0 Å². The molecular weight excluding hydrogens is 299 g/mol. The molecular formula is C15H8Cl2OS. The maximum absolute atomic E-state index is 12.1. The monoisotopic (exact) mass is 306 g/mol. The molecule has 0 N–H and O–H groups in total. The van der Waals surface area contributed by atoms with Crippen LogP contribution in [0.25, 0.3) is 20.5 Å². The van der Waals surface area contributed by atoms with E-state index in [1.807, 2.05) is 30.3 Å². The van der Waals surface area contributed by atoms with Crippen molar-refractivity contribution in [2.24, 2.45) is 0 Å². The summed E-state index contributed by atoms with van der Waals surface area (Å²) in [6, 6.07) is 14.6. The Hall–Kier alpha value is -1.35. The van der Waals surface area contributed by atoms with Gasteiger partial charge in [0.1, 0.15) is 0 Å². The highest BCUT2D eigenvalue weighted by molar-refractivity contribution is 7.21. The van der Waals surface area contributed by atoms with Crippen molar-refractivity contribution in [3.8, 4) is 10.4 Å². The first kappa shape index (κ1) is 12.7. The highest BCUT2D eigenvalue weighted by Gasteiger charge is 2.06. The second kappa shape index (κ2) is 4.97. The summed E-state index contributed by atoms with van der Waals surface area (Å²) >= 11 is 13.5. The van der Waals surface area contributed by atoms with Gasteiger partial charge in [-0.25, -0.2) is 0 Å². The SMILES string of the molecule is O=c1cc(-c2ccc(Cl)c(Cl)c2)sc2ccccc12. The van der Waals surface area contributed by atoms with Crippen molar-refractivity contribution in [1.82, 2.24) is 0 Å². The summed E-state index contributed by atoms with van der Waals surface area (Å²) in [5.74, 6) is 0. The molecule has 1 aromatic heterocycles. The molecule has 1 heterocycles. The second-order valence-corrected chi connectivity index (χ2v) is 6.00. The smallest absolute Gasteiger partial charge is 0.188 e. The highest BCUT2D eigenvalue weighted by atomic mass is 35.5. The van der Waals surface area contributed by atoms with Crippen molar-refractivity contribution >= 4 is 44.6 Å². The summed E-state index contributed by atoms with van der Waals surface area (Å²) in [6.07, 6.45) is 0. The van der Waals surface area contributed by atoms with Crippen LogP contribution in [0.5, 0.6) is 0 Å². The van der Waals surface area contributed by atoms with Gasteiger partial charge in [0, 0.05) is 21.0 Å². The van der Waals surface area contributed by atoms with Crippen molar-refractivity contribution in [1.29, 1.82) is 0 Å². The lowest BCUT2D eigenvalue weighted by Gasteiger charge is -2.04. The first-order valence-electron chi connectivity index (χ1n) is 5.63. The van der Waals surface area contributed by atoms with E-state index in [-0.39, 0.29) is 5.43 Å². The van der Waals surface area contributed by atoms with E-state index in [0.717, 1.165) is 20.5 Å². The lowest BCUT2D eigenvalue weighted by atomic mass is 10.1. The molecule has 0 saturated heterocycles. The van der Waals surface area contributed by atoms with E-state index < -0.39 is 0 Å². The Kier molecular flexibility index (Phi) is 3.31. The van der Waals surface area contributed by atoms with Gasteiger partial charge in [0.15, 0.2) is 5.43 Å². The minimum Gasteiger partial charge on any atom is -0.289 e. The predicted octanol–water partition coefficient (Wildman–Crippen LogP) is 5.24. The third-order valence-electron chi connectivity index (χ3n) is 2.84. The van der Waals surface area contributed by atoms with E-state index >= 15 is 0 Å². The number of hydrogen-bond acceptors (Lipinski definition) is 2. The van der Waals surface area contributed by atoms with Gasteiger partial charge in [-0.05, 0) is 29.8 Å². The van der Waals surface area contributed by atoms with E-state index in [1.165, 1.54) is 0 Å². The van der Waals surface area contributed by atoms with Crippen LogP contribution in [-0.4, -0.2) is 0 Å². The summed E-state index contributed by atoms with van der Waals surface area (Å²) in [7, 11) is 0. The molecule has 0 bridgehead atoms. The lowest BCUT2D eigenvalue weighted by molar-refractivity contribution is 1.66. The molecule has 0 atom stereocenters. The van der Waals surface area contributed by atoms with Crippen LogP contribution in [0.3, 0.4) is 0 Å². The van der Waals surface area contributed by atoms with E-state index in [2.05, 4.69) is 0 Å². The topological polar surface area (TPSA) is 17.1 Å². The molecule has 0 aliphatic heterocycles. The quantitative estimate of drug-likeness (QED) is 0.601. The van der Waals surface area contributed by atoms with Gasteiger partial charge in [-0.3, -0.25) is 4.79 Å². The zero-order chi connectivity index (χ0) is 13.4. The number of halogens is 2. The molecule has 1 nitrogen and oxygen atoms in total.